The predicted molar refractivity (Wildman–Crippen MR) is 114 cm³/mol. The number of rotatable bonds is 4. The number of benzene rings is 2. The number of hydrogen-bond donors (Lipinski definition) is 1. The van der Waals surface area contributed by atoms with E-state index in [1.165, 1.54) is 0 Å². The highest BCUT2D eigenvalue weighted by molar-refractivity contribution is 5.86. The van der Waals surface area contributed by atoms with Crippen LogP contribution in [0.25, 0.3) is 28.2 Å². The quantitative estimate of drug-likeness (QED) is 0.442. The normalized spacial score (nSPS) is 11.3. The molecule has 0 fully saturated rings. The van der Waals surface area contributed by atoms with Crippen LogP contribution in [-0.2, 0) is 0 Å². The molecule has 0 bridgehead atoms. The van der Waals surface area contributed by atoms with Crippen molar-refractivity contribution in [2.24, 2.45) is 0 Å². The van der Waals surface area contributed by atoms with Crippen molar-refractivity contribution in [2.75, 3.05) is 12.4 Å². The third-order valence-electron chi connectivity index (χ3n) is 4.92. The molecule has 0 radical (unpaired) electrons. The van der Waals surface area contributed by atoms with Gasteiger partial charge >= 0.3 is 0 Å². The molecule has 0 spiro atoms. The second kappa shape index (κ2) is 6.67. The molecule has 0 aliphatic carbocycles. The van der Waals surface area contributed by atoms with Gasteiger partial charge in [-0.2, -0.15) is 0 Å². The van der Waals surface area contributed by atoms with Crippen LogP contribution in [-0.4, -0.2) is 21.5 Å². The first-order valence-electron chi connectivity index (χ1n) is 9.39. The summed E-state index contributed by atoms with van der Waals surface area (Å²) in [5.41, 5.74) is 4.43. The molecule has 0 amide bonds. The zero-order valence-electron chi connectivity index (χ0n) is 16.4. The summed E-state index contributed by atoms with van der Waals surface area (Å²) < 4.78 is 13.4. The number of anilines is 2. The van der Waals surface area contributed by atoms with Crippen molar-refractivity contribution in [1.29, 1.82) is 0 Å². The summed E-state index contributed by atoms with van der Waals surface area (Å²) in [5, 5.41) is 4.53. The van der Waals surface area contributed by atoms with E-state index in [2.05, 4.69) is 10.3 Å². The average Bonchev–Trinajstić information content (AvgIpc) is 3.30. The largest absolute Gasteiger partial charge is 0.497 e. The fraction of sp³-hybridized carbons (Fsp3) is 0.130. The van der Waals surface area contributed by atoms with Crippen molar-refractivity contribution in [3.8, 4) is 17.2 Å². The van der Waals surface area contributed by atoms with Gasteiger partial charge in [0.15, 0.2) is 11.5 Å². The Morgan fingerprint density at radius 2 is 1.76 bits per heavy atom. The van der Waals surface area contributed by atoms with Crippen molar-refractivity contribution in [3.63, 3.8) is 0 Å². The van der Waals surface area contributed by atoms with Crippen LogP contribution in [0.5, 0.6) is 5.75 Å². The topological polar surface area (TPSA) is 64.6 Å². The lowest BCUT2D eigenvalue weighted by atomic mass is 10.2. The Morgan fingerprint density at radius 3 is 2.52 bits per heavy atom. The number of furan rings is 1. The first-order chi connectivity index (χ1) is 14.1. The van der Waals surface area contributed by atoms with Crippen molar-refractivity contribution in [2.45, 2.75) is 13.8 Å². The Hall–Kier alpha value is -3.80. The third kappa shape index (κ3) is 2.99. The van der Waals surface area contributed by atoms with Crippen LogP contribution in [0, 0.1) is 13.8 Å². The van der Waals surface area contributed by atoms with Gasteiger partial charge in [0.25, 0.3) is 0 Å². The van der Waals surface area contributed by atoms with Crippen molar-refractivity contribution in [1.82, 2.24) is 14.4 Å². The molecule has 3 heterocycles. The van der Waals surface area contributed by atoms with E-state index >= 15 is 0 Å². The molecule has 0 aliphatic heterocycles. The maximum Gasteiger partial charge on any atom is 0.236 e. The number of ether oxygens (including phenoxy) is 1. The molecule has 5 aromatic rings. The molecule has 0 aliphatic rings. The lowest BCUT2D eigenvalue weighted by Crippen LogP contribution is -2.01. The molecule has 144 valence electrons. The molecular weight excluding hydrogens is 364 g/mol. The maximum atomic E-state index is 6.11. The van der Waals surface area contributed by atoms with Gasteiger partial charge in [-0.05, 0) is 56.3 Å². The molecule has 0 unspecified atom stereocenters. The zero-order chi connectivity index (χ0) is 20.0. The van der Waals surface area contributed by atoms with E-state index < -0.39 is 0 Å². The van der Waals surface area contributed by atoms with Crippen LogP contribution in [0.2, 0.25) is 0 Å². The Balaban J connectivity index is 1.71. The summed E-state index contributed by atoms with van der Waals surface area (Å²) in [4.78, 5) is 9.42. The number of aryl methyl sites for hydroxylation is 2. The molecule has 0 atom stereocenters. The maximum absolute atomic E-state index is 6.11. The van der Waals surface area contributed by atoms with Crippen LogP contribution in [0.4, 0.5) is 11.5 Å². The number of methoxy groups -OCH3 is 1. The van der Waals surface area contributed by atoms with Crippen LogP contribution in [0.3, 0.4) is 0 Å². The van der Waals surface area contributed by atoms with Gasteiger partial charge in [-0.25, -0.2) is 9.97 Å². The van der Waals surface area contributed by atoms with Gasteiger partial charge in [-0.3, -0.25) is 4.40 Å². The molecule has 0 saturated heterocycles. The average molecular weight is 384 g/mol. The zero-order valence-corrected chi connectivity index (χ0v) is 16.4. The van der Waals surface area contributed by atoms with Crippen molar-refractivity contribution < 1.29 is 9.15 Å². The highest BCUT2D eigenvalue weighted by Crippen LogP contribution is 2.35. The lowest BCUT2D eigenvalue weighted by Gasteiger charge is -2.10. The molecule has 5 rings (SSSR count). The van der Waals surface area contributed by atoms with E-state index in [9.17, 15) is 0 Å². The summed E-state index contributed by atoms with van der Waals surface area (Å²) >= 11 is 0. The first kappa shape index (κ1) is 17.3. The summed E-state index contributed by atoms with van der Waals surface area (Å²) in [7, 11) is 1.66. The Morgan fingerprint density at radius 1 is 0.966 bits per heavy atom. The fourth-order valence-electron chi connectivity index (χ4n) is 3.57. The molecule has 29 heavy (non-hydrogen) atoms. The van der Waals surface area contributed by atoms with Crippen LogP contribution in [0.1, 0.15) is 11.4 Å². The lowest BCUT2D eigenvalue weighted by molar-refractivity contribution is 0.415. The van der Waals surface area contributed by atoms with Crippen molar-refractivity contribution >= 4 is 28.3 Å². The summed E-state index contributed by atoms with van der Waals surface area (Å²) in [6.45, 7) is 4.02. The first-order valence-corrected chi connectivity index (χ1v) is 9.39. The predicted octanol–water partition coefficient (Wildman–Crippen LogP) is 5.51. The third-order valence-corrected chi connectivity index (χ3v) is 4.92. The molecule has 0 saturated carbocycles. The van der Waals surface area contributed by atoms with E-state index in [-0.39, 0.29) is 0 Å². The van der Waals surface area contributed by atoms with Gasteiger partial charge in [0, 0.05) is 22.5 Å². The number of nitrogens with one attached hydrogen (secondary N) is 1. The van der Waals surface area contributed by atoms with E-state index in [1.54, 1.807) is 7.11 Å². The van der Waals surface area contributed by atoms with Gasteiger partial charge in [0.1, 0.15) is 17.2 Å². The van der Waals surface area contributed by atoms with E-state index in [0.29, 0.717) is 11.5 Å². The number of imidazole rings is 1. The number of para-hydroxylation sites is 1. The molecular formula is C23H20N4O2. The Labute approximate surface area is 167 Å². The van der Waals surface area contributed by atoms with Crippen molar-refractivity contribution in [3.05, 3.63) is 72.1 Å². The second-order valence-corrected chi connectivity index (χ2v) is 6.99. The van der Waals surface area contributed by atoms with Gasteiger partial charge in [0.05, 0.1) is 7.11 Å². The summed E-state index contributed by atoms with van der Waals surface area (Å²) in [5.74, 6) is 2.95. The minimum atomic E-state index is 0.633. The highest BCUT2D eigenvalue weighted by Gasteiger charge is 2.20. The monoisotopic (exact) mass is 384 g/mol. The number of aromatic nitrogens is 3. The van der Waals surface area contributed by atoms with Gasteiger partial charge in [-0.15, -0.1) is 0 Å². The SMILES string of the molecule is COc1ccc(Nc2c(-c3cc4ccccc4o3)nc3nc(C)cc(C)n23)cc1. The second-order valence-electron chi connectivity index (χ2n) is 6.99. The molecule has 2 aromatic carbocycles. The van der Waals surface area contributed by atoms with Gasteiger partial charge < -0.3 is 14.5 Å². The Bertz CT molecular complexity index is 1300. The van der Waals surface area contributed by atoms with E-state index in [0.717, 1.165) is 45.3 Å². The molecule has 1 N–H and O–H groups in total. The molecule has 3 aromatic heterocycles. The minimum absolute atomic E-state index is 0.633. The van der Waals surface area contributed by atoms with E-state index in [4.69, 9.17) is 14.1 Å². The van der Waals surface area contributed by atoms with E-state index in [1.807, 2.05) is 78.9 Å². The molecule has 6 nitrogen and oxygen atoms in total. The highest BCUT2D eigenvalue weighted by atomic mass is 16.5. The smallest absolute Gasteiger partial charge is 0.236 e. The number of fused-ring (bicyclic) bond motifs is 2. The van der Waals surface area contributed by atoms with Crippen LogP contribution < -0.4 is 10.1 Å². The van der Waals surface area contributed by atoms with Crippen LogP contribution >= 0.6 is 0 Å². The Kier molecular flexibility index (Phi) is 3.98. The minimum Gasteiger partial charge on any atom is -0.497 e. The fourth-order valence-corrected chi connectivity index (χ4v) is 3.57. The van der Waals surface area contributed by atoms with Gasteiger partial charge in [-0.1, -0.05) is 18.2 Å². The summed E-state index contributed by atoms with van der Waals surface area (Å²) in [6.07, 6.45) is 0. The number of hydrogen-bond acceptors (Lipinski definition) is 5. The standard InChI is InChI=1S/C23H20N4O2/c1-14-12-15(2)27-22(25-17-8-10-18(28-3)11-9-17)21(26-23(27)24-14)20-13-16-6-4-5-7-19(16)29-20/h4-13,25H,1-3H3. The number of nitrogens with zero attached hydrogens (tertiary/aromatic N) is 3. The summed E-state index contributed by atoms with van der Waals surface area (Å²) in [6, 6.07) is 19.8. The van der Waals surface area contributed by atoms with Gasteiger partial charge in [0.2, 0.25) is 5.78 Å². The van der Waals surface area contributed by atoms with Crippen LogP contribution in [0.15, 0.2) is 65.1 Å². The molecule has 6 heteroatoms.